The van der Waals surface area contributed by atoms with E-state index in [2.05, 4.69) is 15.9 Å². The summed E-state index contributed by atoms with van der Waals surface area (Å²) in [6.07, 6.45) is 1.37. The van der Waals surface area contributed by atoms with Crippen LogP contribution in [0.4, 0.5) is 0 Å². The summed E-state index contributed by atoms with van der Waals surface area (Å²) in [5, 5.41) is 0. The average Bonchev–Trinajstić information content (AvgIpc) is 3.05. The topological polar surface area (TPSA) is 73.6 Å². The second-order valence-electron chi connectivity index (χ2n) is 7.52. The van der Waals surface area contributed by atoms with E-state index < -0.39 is 28.5 Å². The zero-order valence-corrected chi connectivity index (χ0v) is 16.9. The molecule has 2 aromatic carbocycles. The molecule has 0 amide bonds. The lowest BCUT2D eigenvalue weighted by Gasteiger charge is -2.22. The van der Waals surface area contributed by atoms with Crippen LogP contribution in [-0.4, -0.2) is 17.5 Å². The monoisotopic (exact) mass is 450 g/mol. The molecule has 1 saturated carbocycles. The maximum Gasteiger partial charge on any atom is 0.327 e. The standard InChI is InChI=1S/C23H15BrO5/c1-22(19(25)13-6-3-2-4-7-13)18-15-12-14(24)9-10-16(15)29-21(27)23(18,22)20(26)17-8-5-11-28-17/h2-12,18H,1H3. The Hall–Kier alpha value is -2.99. The molecule has 5 nitrogen and oxygen atoms in total. The molecule has 0 saturated heterocycles. The Morgan fingerprint density at radius 2 is 1.76 bits per heavy atom. The normalized spacial score (nSPS) is 26.8. The molecular formula is C23H15BrO5. The molecular weight excluding hydrogens is 436 g/mol. The van der Waals surface area contributed by atoms with Gasteiger partial charge in [0.2, 0.25) is 5.78 Å². The molecule has 0 N–H and O–H groups in total. The fourth-order valence-electron chi connectivity index (χ4n) is 4.77. The van der Waals surface area contributed by atoms with Crippen LogP contribution >= 0.6 is 15.9 Å². The van der Waals surface area contributed by atoms with Crippen LogP contribution < -0.4 is 4.74 Å². The number of benzene rings is 2. The number of ether oxygens (including phenoxy) is 1. The number of ketones is 2. The lowest BCUT2D eigenvalue weighted by atomic mass is 9.83. The molecule has 3 atom stereocenters. The molecule has 29 heavy (non-hydrogen) atoms. The summed E-state index contributed by atoms with van der Waals surface area (Å²) in [6, 6.07) is 17.0. The predicted molar refractivity (Wildman–Crippen MR) is 107 cm³/mol. The number of rotatable bonds is 4. The summed E-state index contributed by atoms with van der Waals surface area (Å²) in [5.41, 5.74) is -1.85. The van der Waals surface area contributed by atoms with Crippen molar-refractivity contribution in [1.29, 1.82) is 0 Å². The first-order chi connectivity index (χ1) is 13.9. The number of esters is 1. The molecule has 2 heterocycles. The number of fused-ring (bicyclic) bond motifs is 3. The first kappa shape index (κ1) is 18.1. The van der Waals surface area contributed by atoms with Gasteiger partial charge in [0.1, 0.15) is 5.75 Å². The zero-order valence-electron chi connectivity index (χ0n) is 15.3. The largest absolute Gasteiger partial charge is 0.461 e. The number of carbonyl (C=O) groups is 3. The summed E-state index contributed by atoms with van der Waals surface area (Å²) in [6.45, 7) is 1.67. The van der Waals surface area contributed by atoms with Gasteiger partial charge in [0.15, 0.2) is 17.0 Å². The third-order valence-corrected chi connectivity index (χ3v) is 6.66. The average molecular weight is 451 g/mol. The van der Waals surface area contributed by atoms with Gasteiger partial charge in [-0.2, -0.15) is 0 Å². The number of halogens is 1. The number of furan rings is 1. The van der Waals surface area contributed by atoms with Gasteiger partial charge >= 0.3 is 5.97 Å². The van der Waals surface area contributed by atoms with E-state index in [1.165, 1.54) is 12.3 Å². The van der Waals surface area contributed by atoms with E-state index in [1.807, 2.05) is 6.07 Å². The maximum atomic E-state index is 13.6. The summed E-state index contributed by atoms with van der Waals surface area (Å²) in [4.78, 5) is 40.4. The number of hydrogen-bond donors (Lipinski definition) is 0. The molecule has 1 aliphatic carbocycles. The second-order valence-corrected chi connectivity index (χ2v) is 8.43. The van der Waals surface area contributed by atoms with Crippen molar-refractivity contribution >= 4 is 33.5 Å². The van der Waals surface area contributed by atoms with Crippen LogP contribution in [0.15, 0.2) is 75.8 Å². The van der Waals surface area contributed by atoms with Crippen LogP contribution in [0.5, 0.6) is 5.75 Å². The Morgan fingerprint density at radius 1 is 1.00 bits per heavy atom. The number of hydrogen-bond acceptors (Lipinski definition) is 5. The van der Waals surface area contributed by atoms with E-state index in [0.717, 1.165) is 4.47 Å². The van der Waals surface area contributed by atoms with Crippen LogP contribution in [0, 0.1) is 10.8 Å². The van der Waals surface area contributed by atoms with Gasteiger partial charge < -0.3 is 9.15 Å². The molecule has 5 rings (SSSR count). The molecule has 1 fully saturated rings. The SMILES string of the molecule is CC1(C(=O)c2ccccc2)C2c3cc(Br)ccc3OC(=O)C21C(=O)c1ccco1. The van der Waals surface area contributed by atoms with Gasteiger partial charge in [-0.15, -0.1) is 0 Å². The minimum Gasteiger partial charge on any atom is -0.461 e. The highest BCUT2D eigenvalue weighted by molar-refractivity contribution is 9.10. The first-order valence-corrected chi connectivity index (χ1v) is 9.91. The van der Waals surface area contributed by atoms with Crippen molar-refractivity contribution < 1.29 is 23.5 Å². The minimum atomic E-state index is -1.66. The Balaban J connectivity index is 1.74. The van der Waals surface area contributed by atoms with E-state index in [1.54, 1.807) is 55.5 Å². The van der Waals surface area contributed by atoms with Crippen molar-refractivity contribution in [2.45, 2.75) is 12.8 Å². The van der Waals surface area contributed by atoms with Gasteiger partial charge in [-0.25, -0.2) is 0 Å². The Labute approximate surface area is 174 Å². The first-order valence-electron chi connectivity index (χ1n) is 9.12. The number of Topliss-reactive ketones (excluding diaryl/α,β-unsaturated/α-hetero) is 2. The molecule has 6 heteroatoms. The highest BCUT2D eigenvalue weighted by Crippen LogP contribution is 2.79. The fraction of sp³-hybridized carbons (Fsp3) is 0.174. The highest BCUT2D eigenvalue weighted by atomic mass is 79.9. The summed E-state index contributed by atoms with van der Waals surface area (Å²) in [5.74, 6) is -1.76. The zero-order chi connectivity index (χ0) is 20.4. The minimum absolute atomic E-state index is 0.0370. The molecule has 3 aromatic rings. The van der Waals surface area contributed by atoms with E-state index in [-0.39, 0.29) is 11.5 Å². The predicted octanol–water partition coefficient (Wildman–Crippen LogP) is 4.82. The molecule has 3 unspecified atom stereocenters. The van der Waals surface area contributed by atoms with Gasteiger partial charge in [-0.05, 0) is 30.3 Å². The van der Waals surface area contributed by atoms with Gasteiger partial charge in [-0.3, -0.25) is 14.4 Å². The Morgan fingerprint density at radius 3 is 2.45 bits per heavy atom. The Bertz CT molecular complexity index is 1170. The van der Waals surface area contributed by atoms with Crippen LogP contribution in [0.1, 0.15) is 39.3 Å². The van der Waals surface area contributed by atoms with Crippen molar-refractivity contribution in [3.63, 3.8) is 0 Å². The number of carbonyl (C=O) groups excluding carboxylic acids is 3. The highest BCUT2D eigenvalue weighted by Gasteiger charge is 2.88. The molecule has 144 valence electrons. The Kier molecular flexibility index (Phi) is 3.74. The smallest absolute Gasteiger partial charge is 0.327 e. The molecule has 1 aliphatic heterocycles. The summed E-state index contributed by atoms with van der Waals surface area (Å²) < 4.78 is 11.6. The van der Waals surface area contributed by atoms with Crippen molar-refractivity contribution in [1.82, 2.24) is 0 Å². The van der Waals surface area contributed by atoms with Gasteiger partial charge in [-0.1, -0.05) is 53.2 Å². The molecule has 0 radical (unpaired) electrons. The van der Waals surface area contributed by atoms with Crippen LogP contribution in [0.3, 0.4) is 0 Å². The van der Waals surface area contributed by atoms with E-state index >= 15 is 0 Å². The van der Waals surface area contributed by atoms with Gasteiger partial charge in [0.25, 0.3) is 0 Å². The van der Waals surface area contributed by atoms with Crippen molar-refractivity contribution in [3.8, 4) is 5.75 Å². The molecule has 2 aliphatic rings. The van der Waals surface area contributed by atoms with E-state index in [4.69, 9.17) is 9.15 Å². The van der Waals surface area contributed by atoms with Crippen LogP contribution in [-0.2, 0) is 4.79 Å². The van der Waals surface area contributed by atoms with E-state index in [0.29, 0.717) is 16.9 Å². The summed E-state index contributed by atoms with van der Waals surface area (Å²) >= 11 is 3.44. The molecule has 0 bridgehead atoms. The lowest BCUT2D eigenvalue weighted by molar-refractivity contribution is -0.140. The van der Waals surface area contributed by atoms with Crippen LogP contribution in [0.2, 0.25) is 0 Å². The van der Waals surface area contributed by atoms with Gasteiger partial charge in [0, 0.05) is 21.5 Å². The lowest BCUT2D eigenvalue weighted by Crippen LogP contribution is -2.39. The summed E-state index contributed by atoms with van der Waals surface area (Å²) in [7, 11) is 0. The van der Waals surface area contributed by atoms with Crippen molar-refractivity contribution in [2.75, 3.05) is 0 Å². The molecule has 0 spiro atoms. The third kappa shape index (κ3) is 2.18. The van der Waals surface area contributed by atoms with Crippen molar-refractivity contribution in [2.24, 2.45) is 10.8 Å². The molecule has 1 aromatic heterocycles. The second kappa shape index (κ2) is 6.00. The van der Waals surface area contributed by atoms with Crippen molar-refractivity contribution in [3.05, 3.63) is 88.3 Å². The van der Waals surface area contributed by atoms with E-state index in [9.17, 15) is 14.4 Å². The van der Waals surface area contributed by atoms with Crippen LogP contribution in [0.25, 0.3) is 0 Å². The van der Waals surface area contributed by atoms with Gasteiger partial charge in [0.05, 0.1) is 11.7 Å². The quantitative estimate of drug-likeness (QED) is 0.246. The fourth-order valence-corrected chi connectivity index (χ4v) is 5.15. The third-order valence-electron chi connectivity index (χ3n) is 6.16. The maximum absolute atomic E-state index is 13.6.